The van der Waals surface area contributed by atoms with Crippen LogP contribution in [0.1, 0.15) is 40.3 Å². The monoisotopic (exact) mass is 673 g/mol. The van der Waals surface area contributed by atoms with Crippen molar-refractivity contribution < 1.29 is 27.9 Å². The number of ether oxygens (including phenoxy) is 1. The molecule has 3 aromatic carbocycles. The number of nitrogens with zero attached hydrogens (tertiary/aromatic N) is 3. The van der Waals surface area contributed by atoms with Crippen molar-refractivity contribution in [2.75, 3.05) is 31.1 Å². The summed E-state index contributed by atoms with van der Waals surface area (Å²) in [6, 6.07) is 21.2. The number of amides is 1. The first-order valence-electron chi connectivity index (χ1n) is 14.9. The van der Waals surface area contributed by atoms with Gasteiger partial charge in [0.15, 0.2) is 5.01 Å². The molecule has 1 amide bonds. The van der Waals surface area contributed by atoms with Crippen molar-refractivity contribution in [1.29, 1.82) is 0 Å². The molecule has 0 spiro atoms. The Balaban J connectivity index is 1.15. The summed E-state index contributed by atoms with van der Waals surface area (Å²) in [6.07, 6.45) is 0. The van der Waals surface area contributed by atoms with Gasteiger partial charge in [0.25, 0.3) is 10.2 Å². The van der Waals surface area contributed by atoms with Crippen molar-refractivity contribution in [2.24, 2.45) is 11.7 Å². The molecule has 1 unspecified atom stereocenters. The Labute approximate surface area is 278 Å². The molecule has 0 radical (unpaired) electrons. The summed E-state index contributed by atoms with van der Waals surface area (Å²) in [5.41, 5.74) is 10.1. The van der Waals surface area contributed by atoms with Crippen molar-refractivity contribution in [3.05, 3.63) is 99.9 Å². The number of thiazole rings is 1. The van der Waals surface area contributed by atoms with E-state index in [4.69, 9.17) is 10.5 Å². The number of rotatable bonds is 11. The number of aromatic nitrogens is 1. The largest absolute Gasteiger partial charge is 0.489 e. The third-order valence-electron chi connectivity index (χ3n) is 7.61. The Bertz CT molecular complexity index is 1890. The van der Waals surface area contributed by atoms with Gasteiger partial charge in [-0.2, -0.15) is 17.4 Å². The van der Waals surface area contributed by atoms with Crippen LogP contribution in [0.15, 0.2) is 78.2 Å². The lowest BCUT2D eigenvalue weighted by molar-refractivity contribution is -0.140. The molecule has 5 rings (SSSR count). The SMILES string of the molecule is CC(C)C(NS(=O)(=O)N1CCN(c2ccc(C#Cc3nc(-c4cccc(OCc5ccc(C(N)=O)cc5)c4)cs3)cc2)CC1)C(=O)O. The van der Waals surface area contributed by atoms with E-state index < -0.39 is 28.1 Å². The summed E-state index contributed by atoms with van der Waals surface area (Å²) in [4.78, 5) is 29.5. The van der Waals surface area contributed by atoms with E-state index in [1.54, 1.807) is 26.0 Å². The maximum atomic E-state index is 12.8. The molecule has 2 heterocycles. The lowest BCUT2D eigenvalue weighted by atomic mass is 10.1. The lowest BCUT2D eigenvalue weighted by Gasteiger charge is -2.36. The number of carbonyl (C=O) groups is 2. The molecule has 0 bridgehead atoms. The topological polar surface area (TPSA) is 155 Å². The van der Waals surface area contributed by atoms with Crippen molar-refractivity contribution in [3.8, 4) is 28.8 Å². The van der Waals surface area contributed by atoms with Crippen LogP contribution in [0.2, 0.25) is 0 Å². The van der Waals surface area contributed by atoms with E-state index in [-0.39, 0.29) is 19.0 Å². The van der Waals surface area contributed by atoms with Gasteiger partial charge in [0, 0.05) is 53.9 Å². The van der Waals surface area contributed by atoms with Crippen molar-refractivity contribution in [1.82, 2.24) is 14.0 Å². The number of hydrogen-bond donors (Lipinski definition) is 3. The number of anilines is 1. The average molecular weight is 674 g/mol. The third kappa shape index (κ3) is 8.75. The first-order valence-corrected chi connectivity index (χ1v) is 17.3. The molecule has 1 aromatic heterocycles. The highest BCUT2D eigenvalue weighted by molar-refractivity contribution is 7.87. The summed E-state index contributed by atoms with van der Waals surface area (Å²) in [5.74, 6) is 4.95. The van der Waals surface area contributed by atoms with Crippen LogP contribution in [0.4, 0.5) is 5.69 Å². The van der Waals surface area contributed by atoms with Crippen LogP contribution >= 0.6 is 11.3 Å². The fraction of sp³-hybridized carbons (Fsp3) is 0.265. The van der Waals surface area contributed by atoms with Crippen LogP contribution in [-0.4, -0.2) is 66.9 Å². The molecular weight excluding hydrogens is 639 g/mol. The van der Waals surface area contributed by atoms with Gasteiger partial charge in [-0.25, -0.2) is 4.98 Å². The zero-order valence-corrected chi connectivity index (χ0v) is 27.6. The Morgan fingerprint density at radius 1 is 1.02 bits per heavy atom. The summed E-state index contributed by atoms with van der Waals surface area (Å²) in [6.45, 7) is 5.12. The van der Waals surface area contributed by atoms with E-state index in [0.29, 0.717) is 36.0 Å². The summed E-state index contributed by atoms with van der Waals surface area (Å²) < 4.78 is 35.1. The van der Waals surface area contributed by atoms with Gasteiger partial charge in [0.1, 0.15) is 18.4 Å². The Kier molecular flexibility index (Phi) is 10.6. The standard InChI is InChI=1S/C34H35N5O6S2/c1-23(2)32(34(41)42)37-47(43,44)39-18-16-38(17-19-39)28-13-8-24(9-14-28)10-15-31-36-30(22-46-31)27-4-3-5-29(20-27)45-21-25-6-11-26(12-7-25)33(35)40/h3-9,11-14,20,22-23,32,37H,16-19,21H2,1-2H3,(H2,35,40)(H,41,42). The number of nitrogens with one attached hydrogen (secondary N) is 1. The minimum absolute atomic E-state index is 0.245. The number of primary amides is 1. The highest BCUT2D eigenvalue weighted by atomic mass is 32.2. The van der Waals surface area contributed by atoms with Gasteiger partial charge >= 0.3 is 5.97 Å². The van der Waals surface area contributed by atoms with Gasteiger partial charge in [-0.15, -0.1) is 11.3 Å². The second kappa shape index (κ2) is 14.8. The molecule has 1 aliphatic rings. The molecule has 13 heteroatoms. The van der Waals surface area contributed by atoms with Crippen molar-refractivity contribution >= 4 is 39.1 Å². The number of piperazine rings is 1. The molecule has 47 heavy (non-hydrogen) atoms. The van der Waals surface area contributed by atoms with Crippen LogP contribution in [0, 0.1) is 17.8 Å². The van der Waals surface area contributed by atoms with Gasteiger partial charge in [-0.05, 0) is 65.9 Å². The Morgan fingerprint density at radius 2 is 1.72 bits per heavy atom. The minimum atomic E-state index is -3.92. The first-order chi connectivity index (χ1) is 22.5. The van der Waals surface area contributed by atoms with Crippen LogP contribution in [-0.2, 0) is 21.6 Å². The maximum Gasteiger partial charge on any atom is 0.322 e. The van der Waals surface area contributed by atoms with Gasteiger partial charge in [-0.3, -0.25) is 9.59 Å². The summed E-state index contributed by atoms with van der Waals surface area (Å²) >= 11 is 1.45. The Hall–Kier alpha value is -4.74. The molecule has 1 aliphatic heterocycles. The second-order valence-corrected chi connectivity index (χ2v) is 13.8. The van der Waals surface area contributed by atoms with Crippen LogP contribution in [0.3, 0.4) is 0 Å². The van der Waals surface area contributed by atoms with Crippen LogP contribution in [0.25, 0.3) is 11.3 Å². The highest BCUT2D eigenvalue weighted by Gasteiger charge is 2.33. The quantitative estimate of drug-likeness (QED) is 0.202. The van der Waals surface area contributed by atoms with E-state index in [1.165, 1.54) is 15.6 Å². The number of carboxylic acid groups (broad SMARTS) is 1. The predicted octanol–water partition coefficient (Wildman–Crippen LogP) is 3.95. The zero-order valence-electron chi connectivity index (χ0n) is 25.9. The zero-order chi connectivity index (χ0) is 33.6. The first kappa shape index (κ1) is 33.6. The highest BCUT2D eigenvalue weighted by Crippen LogP contribution is 2.26. The van der Waals surface area contributed by atoms with Crippen LogP contribution in [0.5, 0.6) is 5.75 Å². The number of carboxylic acids is 1. The second-order valence-electron chi connectivity index (χ2n) is 11.3. The predicted molar refractivity (Wildman–Crippen MR) is 181 cm³/mol. The number of hydrogen-bond acceptors (Lipinski definition) is 8. The van der Waals surface area contributed by atoms with Crippen LogP contribution < -0.4 is 20.1 Å². The molecule has 0 saturated carbocycles. The number of benzene rings is 3. The molecule has 1 fully saturated rings. The van der Waals surface area contributed by atoms with E-state index in [0.717, 1.165) is 28.1 Å². The summed E-state index contributed by atoms with van der Waals surface area (Å²) in [7, 11) is -3.92. The van der Waals surface area contributed by atoms with E-state index >= 15 is 0 Å². The van der Waals surface area contributed by atoms with Crippen molar-refractivity contribution in [3.63, 3.8) is 0 Å². The Morgan fingerprint density at radius 3 is 2.36 bits per heavy atom. The molecule has 11 nitrogen and oxygen atoms in total. The smallest absolute Gasteiger partial charge is 0.322 e. The van der Waals surface area contributed by atoms with Crippen molar-refractivity contribution in [2.45, 2.75) is 26.5 Å². The molecule has 4 aromatic rings. The molecule has 1 saturated heterocycles. The van der Waals surface area contributed by atoms with E-state index in [2.05, 4.69) is 26.4 Å². The molecular formula is C34H35N5O6S2. The van der Waals surface area contributed by atoms with Gasteiger partial charge < -0.3 is 20.5 Å². The number of carbonyl (C=O) groups excluding carboxylic acids is 1. The number of aliphatic carboxylic acids is 1. The van der Waals surface area contributed by atoms with Gasteiger partial charge in [0.05, 0.1) is 5.69 Å². The molecule has 0 aliphatic carbocycles. The van der Waals surface area contributed by atoms with E-state index in [9.17, 15) is 23.1 Å². The minimum Gasteiger partial charge on any atom is -0.489 e. The van der Waals surface area contributed by atoms with Gasteiger partial charge in [0.2, 0.25) is 5.91 Å². The van der Waals surface area contributed by atoms with Gasteiger partial charge in [-0.1, -0.05) is 44.0 Å². The number of nitrogens with two attached hydrogens (primary N) is 1. The maximum absolute atomic E-state index is 12.8. The lowest BCUT2D eigenvalue weighted by Crippen LogP contribution is -2.55. The molecule has 4 N–H and O–H groups in total. The average Bonchev–Trinajstić information content (AvgIpc) is 3.55. The van der Waals surface area contributed by atoms with E-state index in [1.807, 2.05) is 66.0 Å². The molecule has 244 valence electrons. The third-order valence-corrected chi connectivity index (χ3v) is 9.97. The fourth-order valence-corrected chi connectivity index (χ4v) is 7.08. The normalized spacial score (nSPS) is 14.3. The molecule has 1 atom stereocenters. The fourth-order valence-electron chi connectivity index (χ4n) is 4.92. The summed E-state index contributed by atoms with van der Waals surface area (Å²) in [5, 5.41) is 12.0.